The van der Waals surface area contributed by atoms with Crippen LogP contribution in [0.15, 0.2) is 69.8 Å². The van der Waals surface area contributed by atoms with Crippen molar-refractivity contribution >= 4 is 15.6 Å². The maximum atomic E-state index is 2.47. The second-order valence-corrected chi connectivity index (χ2v) is 7.70. The first-order valence-corrected chi connectivity index (χ1v) is 7.93. The molecule has 0 nitrogen and oxygen atoms in total. The molecule has 86 valence electrons. The maximum Gasteiger partial charge on any atom is 0.00495 e. The lowest BCUT2D eigenvalue weighted by atomic mass is 10.1. The van der Waals surface area contributed by atoms with Gasteiger partial charge in [0.15, 0.2) is 0 Å². The quantitative estimate of drug-likeness (QED) is 0.664. The summed E-state index contributed by atoms with van der Waals surface area (Å²) in [6.07, 6.45) is 2.39. The average Bonchev–Trinajstić information content (AvgIpc) is 2.65. The lowest BCUT2D eigenvalue weighted by Gasteiger charge is -2.30. The number of fused-ring (bicyclic) bond motifs is 1. The minimum absolute atomic E-state index is 0.953. The molecular formula is C16H16S. The van der Waals surface area contributed by atoms with E-state index in [-0.39, 0.29) is 0 Å². The Bertz CT molecular complexity index is 583. The molecule has 17 heavy (non-hydrogen) atoms. The Labute approximate surface area is 104 Å². The Morgan fingerprint density at radius 3 is 2.24 bits per heavy atom. The summed E-state index contributed by atoms with van der Waals surface area (Å²) >= 11 is 0. The molecule has 0 radical (unpaired) electrons. The van der Waals surface area contributed by atoms with E-state index >= 15 is 0 Å². The molecule has 1 aliphatic heterocycles. The van der Waals surface area contributed by atoms with Crippen LogP contribution in [0.2, 0.25) is 0 Å². The van der Waals surface area contributed by atoms with E-state index < -0.39 is 10.0 Å². The molecule has 1 heteroatoms. The van der Waals surface area contributed by atoms with E-state index in [9.17, 15) is 0 Å². The van der Waals surface area contributed by atoms with E-state index in [2.05, 4.69) is 73.2 Å². The molecule has 1 heterocycles. The molecule has 0 saturated carbocycles. The van der Waals surface area contributed by atoms with E-state index in [1.807, 2.05) is 0 Å². The van der Waals surface area contributed by atoms with E-state index in [0.717, 1.165) is 0 Å². The zero-order valence-corrected chi connectivity index (χ0v) is 11.0. The minimum atomic E-state index is -0.953. The third-order valence-electron chi connectivity index (χ3n) is 3.41. The molecule has 0 unspecified atom stereocenters. The predicted octanol–water partition coefficient (Wildman–Crippen LogP) is 4.91. The molecule has 0 aromatic heterocycles. The van der Waals surface area contributed by atoms with E-state index in [1.54, 1.807) is 0 Å². The zero-order valence-electron chi connectivity index (χ0n) is 10.2. The van der Waals surface area contributed by atoms with Crippen LogP contribution in [-0.4, -0.2) is 6.26 Å². The van der Waals surface area contributed by atoms with Crippen molar-refractivity contribution in [2.24, 2.45) is 0 Å². The molecule has 2 aromatic rings. The summed E-state index contributed by atoms with van der Waals surface area (Å²) in [5.41, 5.74) is 2.84. The third-order valence-corrected chi connectivity index (χ3v) is 6.76. The zero-order chi connectivity index (χ0) is 11.9. The highest BCUT2D eigenvalue weighted by molar-refractivity contribution is 8.36. The Morgan fingerprint density at radius 1 is 0.824 bits per heavy atom. The van der Waals surface area contributed by atoms with Crippen LogP contribution in [0.5, 0.6) is 0 Å². The Kier molecular flexibility index (Phi) is 2.37. The van der Waals surface area contributed by atoms with Gasteiger partial charge in [-0.15, -0.1) is 0 Å². The average molecular weight is 240 g/mol. The van der Waals surface area contributed by atoms with Crippen molar-refractivity contribution in [1.82, 2.24) is 0 Å². The van der Waals surface area contributed by atoms with Crippen LogP contribution in [0.1, 0.15) is 12.5 Å². The van der Waals surface area contributed by atoms with Crippen LogP contribution < -0.4 is 0 Å². The molecule has 0 amide bonds. The lowest BCUT2D eigenvalue weighted by molar-refractivity contribution is 1.35. The fourth-order valence-corrected chi connectivity index (χ4v) is 5.66. The van der Waals surface area contributed by atoms with Crippen LogP contribution in [0, 0.1) is 0 Å². The van der Waals surface area contributed by atoms with Gasteiger partial charge >= 0.3 is 0 Å². The van der Waals surface area contributed by atoms with Gasteiger partial charge in [-0.2, -0.15) is 10.0 Å². The van der Waals surface area contributed by atoms with Crippen LogP contribution >= 0.6 is 10.0 Å². The van der Waals surface area contributed by atoms with Gasteiger partial charge in [-0.05, 0) is 52.8 Å². The van der Waals surface area contributed by atoms with Crippen molar-refractivity contribution in [3.63, 3.8) is 0 Å². The molecule has 0 aliphatic carbocycles. The fourth-order valence-electron chi connectivity index (χ4n) is 2.54. The first-order valence-electron chi connectivity index (χ1n) is 5.83. The fraction of sp³-hybridized carbons (Fsp3) is 0.125. The van der Waals surface area contributed by atoms with Gasteiger partial charge in [0, 0.05) is 4.90 Å². The van der Waals surface area contributed by atoms with Crippen molar-refractivity contribution in [2.45, 2.75) is 16.7 Å². The van der Waals surface area contributed by atoms with Crippen molar-refractivity contribution in [2.75, 3.05) is 6.26 Å². The number of allylic oxidation sites excluding steroid dienone is 1. The van der Waals surface area contributed by atoms with Gasteiger partial charge in [0.05, 0.1) is 0 Å². The Morgan fingerprint density at radius 2 is 1.47 bits per heavy atom. The molecule has 0 fully saturated rings. The molecule has 0 saturated heterocycles. The largest absolute Gasteiger partial charge is 0.169 e. The number of hydrogen-bond donors (Lipinski definition) is 0. The molecule has 2 aromatic carbocycles. The number of rotatable bonds is 1. The molecule has 0 bridgehead atoms. The topological polar surface area (TPSA) is 0 Å². The van der Waals surface area contributed by atoms with Crippen molar-refractivity contribution < 1.29 is 0 Å². The molecule has 0 N–H and O–H groups in total. The summed E-state index contributed by atoms with van der Waals surface area (Å²) < 4.78 is 0. The Hall–Kier alpha value is -1.47. The summed E-state index contributed by atoms with van der Waals surface area (Å²) in [6, 6.07) is 19.7. The van der Waals surface area contributed by atoms with Crippen LogP contribution in [0.3, 0.4) is 0 Å². The van der Waals surface area contributed by atoms with Crippen molar-refractivity contribution in [3.8, 4) is 0 Å². The normalized spacial score (nSPS) is 22.1. The highest BCUT2D eigenvalue weighted by Gasteiger charge is 2.29. The highest BCUT2D eigenvalue weighted by atomic mass is 32.3. The van der Waals surface area contributed by atoms with Gasteiger partial charge in [0.25, 0.3) is 0 Å². The second-order valence-electron chi connectivity index (χ2n) is 4.59. The Balaban J connectivity index is 2.24. The van der Waals surface area contributed by atoms with E-state index in [4.69, 9.17) is 0 Å². The monoisotopic (exact) mass is 240 g/mol. The summed E-state index contributed by atoms with van der Waals surface area (Å²) in [4.78, 5) is 2.95. The first-order chi connectivity index (χ1) is 8.22. The van der Waals surface area contributed by atoms with Crippen LogP contribution in [0.25, 0.3) is 5.57 Å². The van der Waals surface area contributed by atoms with E-state index in [0.29, 0.717) is 0 Å². The number of hydrogen-bond acceptors (Lipinski definition) is 0. The maximum absolute atomic E-state index is 2.47. The minimum Gasteiger partial charge on any atom is -0.169 e. The van der Waals surface area contributed by atoms with Gasteiger partial charge in [-0.25, -0.2) is 0 Å². The van der Waals surface area contributed by atoms with Gasteiger partial charge in [0.1, 0.15) is 0 Å². The van der Waals surface area contributed by atoms with Crippen LogP contribution in [-0.2, 0) is 0 Å². The predicted molar refractivity (Wildman–Crippen MR) is 76.6 cm³/mol. The lowest BCUT2D eigenvalue weighted by Crippen LogP contribution is -1.94. The summed E-state index contributed by atoms with van der Waals surface area (Å²) in [7, 11) is -0.953. The summed E-state index contributed by atoms with van der Waals surface area (Å²) in [6.45, 7) is 2.22. The summed E-state index contributed by atoms with van der Waals surface area (Å²) in [5.74, 6) is 0. The molecule has 3 rings (SSSR count). The third kappa shape index (κ3) is 1.54. The van der Waals surface area contributed by atoms with Crippen molar-refractivity contribution in [3.05, 3.63) is 65.6 Å². The number of benzene rings is 2. The van der Waals surface area contributed by atoms with Crippen molar-refractivity contribution in [1.29, 1.82) is 0 Å². The van der Waals surface area contributed by atoms with Gasteiger partial charge in [-0.3, -0.25) is 0 Å². The molecule has 0 spiro atoms. The van der Waals surface area contributed by atoms with Gasteiger partial charge in [0.2, 0.25) is 0 Å². The highest BCUT2D eigenvalue weighted by Crippen LogP contribution is 2.67. The standard InChI is InChI=1S/C16H16S/c1-13-12-17(2,14-8-4-3-5-9-14)16-11-7-6-10-15(13)16/h3-12H,1-2H3. The van der Waals surface area contributed by atoms with E-state index in [1.165, 1.54) is 20.9 Å². The van der Waals surface area contributed by atoms with Gasteiger partial charge in [-0.1, -0.05) is 36.4 Å². The second kappa shape index (κ2) is 3.78. The van der Waals surface area contributed by atoms with Crippen LogP contribution in [0.4, 0.5) is 0 Å². The SMILES string of the molecule is CC1=C[S@@](C)(c2ccccc2)c2ccccc21. The smallest absolute Gasteiger partial charge is 0.00495 e. The first kappa shape index (κ1) is 10.7. The molecule has 1 aliphatic rings. The summed E-state index contributed by atoms with van der Waals surface area (Å²) in [5, 5.41) is 2.47. The van der Waals surface area contributed by atoms with Gasteiger partial charge < -0.3 is 0 Å². The molecule has 1 atom stereocenters. The molecular weight excluding hydrogens is 224 g/mol.